The zero-order valence-electron chi connectivity index (χ0n) is 12.1. The maximum atomic E-state index is 12.3. The van der Waals surface area contributed by atoms with Crippen LogP contribution in [0.25, 0.3) is 11.3 Å². The van der Waals surface area contributed by atoms with Crippen molar-refractivity contribution in [3.05, 3.63) is 59.6 Å². The average Bonchev–Trinajstić information content (AvgIpc) is 2.84. The molecule has 1 heterocycles. The third kappa shape index (κ3) is 3.04. The Labute approximate surface area is 143 Å². The highest BCUT2D eigenvalue weighted by atomic mass is 35.5. The van der Waals surface area contributed by atoms with Crippen LogP contribution in [0, 0.1) is 0 Å². The van der Waals surface area contributed by atoms with Gasteiger partial charge in [-0.25, -0.2) is 13.1 Å². The van der Waals surface area contributed by atoms with Crippen molar-refractivity contribution in [2.75, 3.05) is 4.72 Å². The smallest absolute Gasteiger partial charge is 0.264 e. The van der Waals surface area contributed by atoms with Gasteiger partial charge in [0.2, 0.25) is 11.5 Å². The van der Waals surface area contributed by atoms with Crippen LogP contribution in [0.2, 0.25) is 5.02 Å². The zero-order chi connectivity index (χ0) is 17.3. The molecule has 3 rings (SSSR count). The quantitative estimate of drug-likeness (QED) is 0.652. The van der Waals surface area contributed by atoms with Gasteiger partial charge in [0.1, 0.15) is 0 Å². The largest absolute Gasteiger partial charge is 0.502 e. The number of halogens is 1. The van der Waals surface area contributed by atoms with E-state index in [1.165, 1.54) is 18.2 Å². The predicted octanol–water partition coefficient (Wildman–Crippen LogP) is 3.81. The van der Waals surface area contributed by atoms with Crippen LogP contribution in [0.5, 0.6) is 11.5 Å². The number of sulfonamides is 1. The first-order valence-corrected chi connectivity index (χ1v) is 8.63. The van der Waals surface area contributed by atoms with Crippen LogP contribution in [-0.2, 0) is 10.0 Å². The van der Waals surface area contributed by atoms with Gasteiger partial charge in [-0.15, -0.1) is 0 Å². The summed E-state index contributed by atoms with van der Waals surface area (Å²) in [5.74, 6) is -1.86. The van der Waals surface area contributed by atoms with E-state index in [1.54, 1.807) is 36.4 Å². The second-order valence-electron chi connectivity index (χ2n) is 4.89. The number of furan rings is 1. The molecule has 2 aromatic carbocycles. The molecule has 0 aliphatic rings. The lowest BCUT2D eigenvalue weighted by atomic mass is 10.1. The van der Waals surface area contributed by atoms with E-state index < -0.39 is 27.4 Å². The van der Waals surface area contributed by atoms with E-state index >= 15 is 0 Å². The van der Waals surface area contributed by atoms with Crippen molar-refractivity contribution >= 4 is 27.5 Å². The first-order valence-electron chi connectivity index (χ1n) is 6.77. The molecule has 0 aliphatic carbocycles. The minimum atomic E-state index is -3.97. The molecule has 6 nitrogen and oxygen atoms in total. The van der Waals surface area contributed by atoms with Gasteiger partial charge in [0.15, 0.2) is 5.76 Å². The molecule has 0 amide bonds. The average molecular weight is 366 g/mol. The predicted molar refractivity (Wildman–Crippen MR) is 89.7 cm³/mol. The molecular weight excluding hydrogens is 354 g/mol. The minimum Gasteiger partial charge on any atom is -0.502 e. The van der Waals surface area contributed by atoms with E-state index in [-0.39, 0.29) is 10.7 Å². The Bertz CT molecular complexity index is 983. The Morgan fingerprint density at radius 3 is 2.33 bits per heavy atom. The molecule has 124 valence electrons. The SMILES string of the molecule is O=S(=O)(Nc1oc(-c2cccc(Cl)c2)c(O)c1O)c1ccccc1. The minimum absolute atomic E-state index is 0.00963. The lowest BCUT2D eigenvalue weighted by Gasteiger charge is -2.05. The summed E-state index contributed by atoms with van der Waals surface area (Å²) in [6, 6.07) is 13.9. The maximum absolute atomic E-state index is 12.3. The Morgan fingerprint density at radius 2 is 1.67 bits per heavy atom. The van der Waals surface area contributed by atoms with Crippen molar-refractivity contribution in [1.29, 1.82) is 0 Å². The number of hydrogen-bond donors (Lipinski definition) is 3. The van der Waals surface area contributed by atoms with Crippen molar-refractivity contribution in [3.63, 3.8) is 0 Å². The molecule has 0 atom stereocenters. The van der Waals surface area contributed by atoms with E-state index in [0.29, 0.717) is 10.6 Å². The number of aromatic hydroxyl groups is 2. The van der Waals surface area contributed by atoms with Crippen LogP contribution >= 0.6 is 11.6 Å². The highest BCUT2D eigenvalue weighted by molar-refractivity contribution is 7.92. The van der Waals surface area contributed by atoms with Gasteiger partial charge >= 0.3 is 0 Å². The van der Waals surface area contributed by atoms with Gasteiger partial charge < -0.3 is 14.6 Å². The fourth-order valence-electron chi connectivity index (χ4n) is 2.09. The first-order chi connectivity index (χ1) is 11.4. The molecule has 24 heavy (non-hydrogen) atoms. The molecule has 1 aromatic heterocycles. The monoisotopic (exact) mass is 365 g/mol. The van der Waals surface area contributed by atoms with Gasteiger partial charge in [-0.05, 0) is 24.3 Å². The number of hydrogen-bond acceptors (Lipinski definition) is 5. The van der Waals surface area contributed by atoms with Crippen molar-refractivity contribution in [1.82, 2.24) is 0 Å². The number of benzene rings is 2. The summed E-state index contributed by atoms with van der Waals surface area (Å²) in [5, 5.41) is 20.4. The second kappa shape index (κ2) is 6.10. The summed E-state index contributed by atoms with van der Waals surface area (Å²) in [5.41, 5.74) is 0.389. The number of nitrogens with one attached hydrogen (secondary N) is 1. The van der Waals surface area contributed by atoms with Gasteiger partial charge in [-0.3, -0.25) is 0 Å². The highest BCUT2D eigenvalue weighted by Gasteiger charge is 2.25. The first kappa shape index (κ1) is 16.2. The fraction of sp³-hybridized carbons (Fsp3) is 0. The topological polar surface area (TPSA) is 99.8 Å². The van der Waals surface area contributed by atoms with E-state index in [4.69, 9.17) is 16.0 Å². The molecule has 3 aromatic rings. The van der Waals surface area contributed by atoms with Gasteiger partial charge in [-0.2, -0.15) is 0 Å². The summed E-state index contributed by atoms with van der Waals surface area (Å²) in [4.78, 5) is -0.00963. The lowest BCUT2D eigenvalue weighted by Crippen LogP contribution is -2.12. The van der Waals surface area contributed by atoms with Crippen molar-refractivity contribution in [2.45, 2.75) is 4.90 Å². The van der Waals surface area contributed by atoms with Crippen molar-refractivity contribution in [2.24, 2.45) is 0 Å². The molecule has 0 unspecified atom stereocenters. The molecule has 0 saturated heterocycles. The molecule has 0 fully saturated rings. The molecule has 3 N–H and O–H groups in total. The maximum Gasteiger partial charge on any atom is 0.264 e. The Hall–Kier alpha value is -2.64. The van der Waals surface area contributed by atoms with Crippen LogP contribution in [0.3, 0.4) is 0 Å². The van der Waals surface area contributed by atoms with Crippen LogP contribution in [0.15, 0.2) is 63.9 Å². The fourth-order valence-corrected chi connectivity index (χ4v) is 3.29. The van der Waals surface area contributed by atoms with Crippen molar-refractivity contribution < 1.29 is 23.0 Å². The van der Waals surface area contributed by atoms with Crippen LogP contribution < -0.4 is 4.72 Å². The van der Waals surface area contributed by atoms with Crippen LogP contribution in [-0.4, -0.2) is 18.6 Å². The van der Waals surface area contributed by atoms with E-state index in [2.05, 4.69) is 4.72 Å². The third-order valence-electron chi connectivity index (χ3n) is 3.23. The van der Waals surface area contributed by atoms with Gasteiger partial charge in [0.05, 0.1) is 4.90 Å². The second-order valence-corrected chi connectivity index (χ2v) is 7.01. The summed E-state index contributed by atoms with van der Waals surface area (Å²) < 4.78 is 32.0. The number of anilines is 1. The van der Waals surface area contributed by atoms with E-state index in [9.17, 15) is 18.6 Å². The Balaban J connectivity index is 2.00. The van der Waals surface area contributed by atoms with Gasteiger partial charge in [-0.1, -0.05) is 41.9 Å². The molecule has 8 heteroatoms. The Morgan fingerprint density at radius 1 is 0.958 bits per heavy atom. The summed E-state index contributed by atoms with van der Waals surface area (Å²) in [6.07, 6.45) is 0. The highest BCUT2D eigenvalue weighted by Crippen LogP contribution is 2.46. The van der Waals surface area contributed by atoms with E-state index in [1.807, 2.05) is 0 Å². The molecule has 0 bridgehead atoms. The zero-order valence-corrected chi connectivity index (χ0v) is 13.7. The summed E-state index contributed by atoms with van der Waals surface area (Å²) in [6.45, 7) is 0. The van der Waals surface area contributed by atoms with Crippen LogP contribution in [0.1, 0.15) is 0 Å². The normalized spacial score (nSPS) is 11.4. The molecule has 0 radical (unpaired) electrons. The van der Waals surface area contributed by atoms with Gasteiger partial charge in [0.25, 0.3) is 15.9 Å². The third-order valence-corrected chi connectivity index (χ3v) is 4.81. The molecule has 0 spiro atoms. The van der Waals surface area contributed by atoms with Crippen LogP contribution in [0.4, 0.5) is 5.88 Å². The standard InChI is InChI=1S/C16H12ClNO5S/c17-11-6-4-5-10(9-11)15-13(19)14(20)16(23-15)18-24(21,22)12-7-2-1-3-8-12/h1-9,18-20H. The number of rotatable bonds is 4. The lowest BCUT2D eigenvalue weighted by molar-refractivity contribution is 0.410. The Kier molecular flexibility index (Phi) is 4.13. The summed E-state index contributed by atoms with van der Waals surface area (Å²) >= 11 is 5.88. The van der Waals surface area contributed by atoms with Gasteiger partial charge in [0, 0.05) is 10.6 Å². The summed E-state index contributed by atoms with van der Waals surface area (Å²) in [7, 11) is -3.97. The molecule has 0 aliphatic heterocycles. The molecule has 0 saturated carbocycles. The molecular formula is C16H12ClNO5S. The van der Waals surface area contributed by atoms with E-state index in [0.717, 1.165) is 0 Å². The van der Waals surface area contributed by atoms with Crippen molar-refractivity contribution in [3.8, 4) is 22.8 Å².